The number of anilines is 1. The van der Waals surface area contributed by atoms with Crippen molar-refractivity contribution in [3.05, 3.63) is 90.0 Å². The molecule has 0 fully saturated rings. The van der Waals surface area contributed by atoms with Crippen LogP contribution in [-0.2, 0) is 4.79 Å². The molecule has 0 unspecified atom stereocenters. The second-order valence-electron chi connectivity index (χ2n) is 6.39. The molecule has 0 radical (unpaired) electrons. The van der Waals surface area contributed by atoms with Gasteiger partial charge >= 0.3 is 0 Å². The number of benzene rings is 2. The smallest absolute Gasteiger partial charge is 0.278 e. The number of hydrogen-bond donors (Lipinski definition) is 1. The summed E-state index contributed by atoms with van der Waals surface area (Å²) < 4.78 is 1.79. The molecule has 0 aliphatic heterocycles. The molecule has 0 saturated heterocycles. The summed E-state index contributed by atoms with van der Waals surface area (Å²) in [5.74, 6) is 0.0659. The Kier molecular flexibility index (Phi) is 5.76. The van der Waals surface area contributed by atoms with Crippen molar-refractivity contribution in [1.82, 2.24) is 19.5 Å². The topological polar surface area (TPSA) is 83.9 Å². The normalized spacial score (nSPS) is 10.8. The van der Waals surface area contributed by atoms with Crippen LogP contribution < -0.4 is 10.5 Å². The van der Waals surface area contributed by atoms with Gasteiger partial charge in [-0.3, -0.25) is 14.2 Å². The van der Waals surface area contributed by atoms with Crippen molar-refractivity contribution in [2.75, 3.05) is 17.2 Å². The van der Waals surface area contributed by atoms with E-state index >= 15 is 0 Å². The number of amides is 1. The van der Waals surface area contributed by atoms with E-state index < -0.39 is 0 Å². The largest absolute Gasteiger partial charge is 0.311 e. The van der Waals surface area contributed by atoms with E-state index in [1.165, 1.54) is 18.1 Å². The molecule has 2 aromatic heterocycles. The lowest BCUT2D eigenvalue weighted by Gasteiger charge is -2.21. The zero-order valence-corrected chi connectivity index (χ0v) is 16.9. The van der Waals surface area contributed by atoms with Gasteiger partial charge in [0.05, 0.1) is 12.1 Å². The number of carbonyl (C=O) groups is 1. The zero-order valence-electron chi connectivity index (χ0n) is 16.1. The van der Waals surface area contributed by atoms with Gasteiger partial charge in [0.25, 0.3) is 5.56 Å². The van der Waals surface area contributed by atoms with Gasteiger partial charge in [0.15, 0.2) is 16.3 Å². The summed E-state index contributed by atoms with van der Waals surface area (Å²) in [5.41, 5.74) is 1.99. The van der Waals surface area contributed by atoms with Gasteiger partial charge in [0, 0.05) is 17.9 Å². The minimum atomic E-state index is -0.319. The number of para-hydroxylation sites is 2. The van der Waals surface area contributed by atoms with Crippen LogP contribution in [0.2, 0.25) is 0 Å². The maximum absolute atomic E-state index is 13.0. The van der Waals surface area contributed by atoms with Crippen LogP contribution in [0.1, 0.15) is 0 Å². The number of hydrogen-bond acceptors (Lipinski definition) is 5. The van der Waals surface area contributed by atoms with Gasteiger partial charge in [0.1, 0.15) is 0 Å². The fraction of sp³-hybridized carbons (Fsp3) is 0.0909. The zero-order chi connectivity index (χ0) is 20.9. The maximum atomic E-state index is 13.0. The van der Waals surface area contributed by atoms with Gasteiger partial charge in [-0.1, -0.05) is 54.2 Å². The fourth-order valence-electron chi connectivity index (χ4n) is 3.08. The SMILES string of the molecule is C=CCN(C(=O)CSc1nc2c(=O)[nH]cnc2n1-c1ccccc1)c1ccccc1. The van der Waals surface area contributed by atoms with Crippen LogP contribution in [0.25, 0.3) is 16.9 Å². The molecule has 0 atom stereocenters. The van der Waals surface area contributed by atoms with E-state index in [1.54, 1.807) is 15.5 Å². The van der Waals surface area contributed by atoms with Gasteiger partial charge in [0.2, 0.25) is 5.91 Å². The Bertz CT molecular complexity index is 1230. The summed E-state index contributed by atoms with van der Waals surface area (Å²) >= 11 is 1.27. The van der Waals surface area contributed by atoms with Gasteiger partial charge < -0.3 is 9.88 Å². The first-order valence-corrected chi connectivity index (χ1v) is 10.3. The minimum absolute atomic E-state index is 0.0837. The van der Waals surface area contributed by atoms with Crippen molar-refractivity contribution >= 4 is 34.5 Å². The van der Waals surface area contributed by atoms with E-state index in [1.807, 2.05) is 60.7 Å². The summed E-state index contributed by atoms with van der Waals surface area (Å²) in [6.45, 7) is 4.16. The van der Waals surface area contributed by atoms with Crippen LogP contribution in [0.4, 0.5) is 5.69 Å². The van der Waals surface area contributed by atoms with E-state index in [0.717, 1.165) is 11.4 Å². The highest BCUT2D eigenvalue weighted by Crippen LogP contribution is 2.26. The Morgan fingerprint density at radius 1 is 1.13 bits per heavy atom. The number of aromatic nitrogens is 4. The van der Waals surface area contributed by atoms with Crippen molar-refractivity contribution in [3.8, 4) is 5.69 Å². The Hall–Kier alpha value is -3.65. The second-order valence-corrected chi connectivity index (χ2v) is 7.33. The molecule has 7 nitrogen and oxygen atoms in total. The molecule has 2 heterocycles. The number of aromatic amines is 1. The van der Waals surface area contributed by atoms with E-state index in [0.29, 0.717) is 17.3 Å². The Morgan fingerprint density at radius 2 is 1.83 bits per heavy atom. The monoisotopic (exact) mass is 417 g/mol. The predicted molar refractivity (Wildman–Crippen MR) is 119 cm³/mol. The third kappa shape index (κ3) is 3.90. The van der Waals surface area contributed by atoms with Crippen LogP contribution in [0, 0.1) is 0 Å². The van der Waals surface area contributed by atoms with Crippen LogP contribution in [0.3, 0.4) is 0 Å². The summed E-state index contributed by atoms with van der Waals surface area (Å²) in [6, 6.07) is 19.0. The molecule has 0 aliphatic carbocycles. The van der Waals surface area contributed by atoms with Crippen molar-refractivity contribution < 1.29 is 4.79 Å². The first-order chi connectivity index (χ1) is 14.7. The number of H-pyrrole nitrogens is 1. The first kappa shape index (κ1) is 19.7. The summed E-state index contributed by atoms with van der Waals surface area (Å²) in [6.07, 6.45) is 3.05. The number of nitrogens with zero attached hydrogens (tertiary/aromatic N) is 4. The third-order valence-electron chi connectivity index (χ3n) is 4.44. The van der Waals surface area contributed by atoms with Crippen LogP contribution in [0.15, 0.2) is 89.6 Å². The lowest BCUT2D eigenvalue weighted by atomic mass is 10.3. The number of thioether (sulfide) groups is 1. The molecular formula is C22H19N5O2S. The van der Waals surface area contributed by atoms with Crippen LogP contribution in [-0.4, -0.2) is 37.7 Å². The van der Waals surface area contributed by atoms with Gasteiger partial charge in [-0.25, -0.2) is 9.97 Å². The molecular weight excluding hydrogens is 398 g/mol. The van der Waals surface area contributed by atoms with Gasteiger partial charge in [-0.05, 0) is 24.3 Å². The van der Waals surface area contributed by atoms with E-state index in [9.17, 15) is 9.59 Å². The Balaban J connectivity index is 1.67. The lowest BCUT2D eigenvalue weighted by Crippen LogP contribution is -2.32. The molecule has 150 valence electrons. The highest BCUT2D eigenvalue weighted by molar-refractivity contribution is 7.99. The molecule has 0 saturated carbocycles. The minimum Gasteiger partial charge on any atom is -0.311 e. The van der Waals surface area contributed by atoms with Crippen molar-refractivity contribution in [2.45, 2.75) is 5.16 Å². The molecule has 2 aromatic carbocycles. The van der Waals surface area contributed by atoms with E-state index in [-0.39, 0.29) is 22.7 Å². The molecule has 30 heavy (non-hydrogen) atoms. The number of nitrogens with one attached hydrogen (secondary N) is 1. The number of imidazole rings is 1. The molecule has 4 aromatic rings. The average molecular weight is 417 g/mol. The van der Waals surface area contributed by atoms with Gasteiger partial charge in [-0.2, -0.15) is 0 Å². The number of fused-ring (bicyclic) bond motifs is 1. The highest BCUT2D eigenvalue weighted by Gasteiger charge is 2.20. The molecule has 4 rings (SSSR count). The molecule has 0 bridgehead atoms. The fourth-order valence-corrected chi connectivity index (χ4v) is 3.97. The standard InChI is InChI=1S/C22H19N5O2S/c1-2-13-26(16-9-5-3-6-10-16)18(28)14-30-22-25-19-20(23-15-24-21(19)29)27(22)17-11-7-4-8-12-17/h2-12,15H,1,13-14H2,(H,23,24,29). The lowest BCUT2D eigenvalue weighted by molar-refractivity contribution is -0.116. The average Bonchev–Trinajstić information content (AvgIpc) is 3.17. The van der Waals surface area contributed by atoms with E-state index in [4.69, 9.17) is 0 Å². The van der Waals surface area contributed by atoms with E-state index in [2.05, 4.69) is 21.5 Å². The third-order valence-corrected chi connectivity index (χ3v) is 5.36. The number of carbonyl (C=O) groups excluding carboxylic acids is 1. The summed E-state index contributed by atoms with van der Waals surface area (Å²) in [7, 11) is 0. The molecule has 1 N–H and O–H groups in total. The maximum Gasteiger partial charge on any atom is 0.278 e. The molecule has 0 spiro atoms. The summed E-state index contributed by atoms with van der Waals surface area (Å²) in [5, 5.41) is 0.528. The quantitative estimate of drug-likeness (QED) is 0.368. The first-order valence-electron chi connectivity index (χ1n) is 9.29. The highest BCUT2D eigenvalue weighted by atomic mass is 32.2. The van der Waals surface area contributed by atoms with Crippen LogP contribution >= 0.6 is 11.8 Å². The predicted octanol–water partition coefficient (Wildman–Crippen LogP) is 3.42. The molecule has 1 amide bonds. The van der Waals surface area contributed by atoms with Crippen molar-refractivity contribution in [1.29, 1.82) is 0 Å². The van der Waals surface area contributed by atoms with Gasteiger partial charge in [-0.15, -0.1) is 6.58 Å². The summed E-state index contributed by atoms with van der Waals surface area (Å²) in [4.78, 5) is 38.2. The molecule has 8 heteroatoms. The second kappa shape index (κ2) is 8.79. The van der Waals surface area contributed by atoms with Crippen LogP contribution in [0.5, 0.6) is 0 Å². The van der Waals surface area contributed by atoms with Crippen molar-refractivity contribution in [2.24, 2.45) is 0 Å². The molecule has 0 aliphatic rings. The Labute approximate surface area is 177 Å². The van der Waals surface area contributed by atoms with Crippen molar-refractivity contribution in [3.63, 3.8) is 0 Å². The Morgan fingerprint density at radius 3 is 2.53 bits per heavy atom. The number of rotatable bonds is 7.